The number of hydrogen-bond acceptors (Lipinski definition) is 5. The SMILES string of the molecule is Nc1cc(N2C3CC[C@@H]2C[C@H](O)C3)ncn1. The van der Waals surface area contributed by atoms with Crippen molar-refractivity contribution in [3.05, 3.63) is 12.4 Å². The summed E-state index contributed by atoms with van der Waals surface area (Å²) in [7, 11) is 0. The lowest BCUT2D eigenvalue weighted by Gasteiger charge is -2.38. The van der Waals surface area contributed by atoms with Gasteiger partial charge in [0.25, 0.3) is 0 Å². The van der Waals surface area contributed by atoms with Gasteiger partial charge in [0.05, 0.1) is 6.10 Å². The molecule has 0 amide bonds. The minimum atomic E-state index is -0.145. The summed E-state index contributed by atoms with van der Waals surface area (Å²) >= 11 is 0. The molecule has 2 aliphatic heterocycles. The van der Waals surface area contributed by atoms with Crippen molar-refractivity contribution in [1.29, 1.82) is 0 Å². The van der Waals surface area contributed by atoms with E-state index in [9.17, 15) is 5.11 Å². The number of rotatable bonds is 1. The maximum atomic E-state index is 9.73. The number of fused-ring (bicyclic) bond motifs is 2. The van der Waals surface area contributed by atoms with Crippen LogP contribution in [0.1, 0.15) is 25.7 Å². The van der Waals surface area contributed by atoms with E-state index in [0.717, 1.165) is 31.5 Å². The minimum absolute atomic E-state index is 0.145. The largest absolute Gasteiger partial charge is 0.393 e. The fourth-order valence-electron chi connectivity index (χ4n) is 3.03. The van der Waals surface area contributed by atoms with Crippen molar-refractivity contribution in [1.82, 2.24) is 9.97 Å². The molecule has 0 radical (unpaired) electrons. The molecular weight excluding hydrogens is 204 g/mol. The van der Waals surface area contributed by atoms with Crippen molar-refractivity contribution in [2.75, 3.05) is 10.6 Å². The number of aromatic nitrogens is 2. The monoisotopic (exact) mass is 220 g/mol. The van der Waals surface area contributed by atoms with E-state index < -0.39 is 0 Å². The van der Waals surface area contributed by atoms with Crippen LogP contribution in [0.5, 0.6) is 0 Å². The van der Waals surface area contributed by atoms with E-state index in [-0.39, 0.29) is 6.10 Å². The van der Waals surface area contributed by atoms with E-state index in [2.05, 4.69) is 14.9 Å². The molecule has 0 aliphatic carbocycles. The van der Waals surface area contributed by atoms with Crippen LogP contribution >= 0.6 is 0 Å². The van der Waals surface area contributed by atoms with Crippen molar-refractivity contribution in [2.24, 2.45) is 0 Å². The lowest BCUT2D eigenvalue weighted by molar-refractivity contribution is 0.126. The van der Waals surface area contributed by atoms with Crippen molar-refractivity contribution in [3.63, 3.8) is 0 Å². The summed E-state index contributed by atoms with van der Waals surface area (Å²) in [4.78, 5) is 10.5. The fourth-order valence-corrected chi connectivity index (χ4v) is 3.03. The van der Waals surface area contributed by atoms with Gasteiger partial charge in [-0.25, -0.2) is 9.97 Å². The zero-order chi connectivity index (χ0) is 11.1. The van der Waals surface area contributed by atoms with Crippen molar-refractivity contribution in [2.45, 2.75) is 43.9 Å². The first-order valence-electron chi connectivity index (χ1n) is 5.78. The zero-order valence-electron chi connectivity index (χ0n) is 9.08. The molecule has 3 rings (SSSR count). The normalized spacial score (nSPS) is 33.1. The van der Waals surface area contributed by atoms with Crippen molar-refractivity contribution < 1.29 is 5.11 Å². The summed E-state index contributed by atoms with van der Waals surface area (Å²) < 4.78 is 0. The van der Waals surface area contributed by atoms with Crippen molar-refractivity contribution in [3.8, 4) is 0 Å². The molecule has 16 heavy (non-hydrogen) atoms. The Morgan fingerprint density at radius 2 is 1.94 bits per heavy atom. The van der Waals surface area contributed by atoms with Crippen LogP contribution in [0.25, 0.3) is 0 Å². The van der Waals surface area contributed by atoms with E-state index >= 15 is 0 Å². The highest BCUT2D eigenvalue weighted by atomic mass is 16.3. The van der Waals surface area contributed by atoms with Crippen LogP contribution < -0.4 is 10.6 Å². The minimum Gasteiger partial charge on any atom is -0.393 e. The average molecular weight is 220 g/mol. The maximum Gasteiger partial charge on any atom is 0.134 e. The molecule has 0 aromatic carbocycles. The van der Waals surface area contributed by atoms with Crippen LogP contribution in [0.3, 0.4) is 0 Å². The molecule has 5 nitrogen and oxygen atoms in total. The molecule has 2 bridgehead atoms. The van der Waals surface area contributed by atoms with Gasteiger partial charge >= 0.3 is 0 Å². The molecule has 1 aromatic heterocycles. The fraction of sp³-hybridized carbons (Fsp3) is 0.636. The third-order valence-electron chi connectivity index (χ3n) is 3.65. The first kappa shape index (κ1) is 9.84. The van der Waals surface area contributed by atoms with Gasteiger partial charge in [0.15, 0.2) is 0 Å². The number of nitrogens with two attached hydrogens (primary N) is 1. The van der Waals surface area contributed by atoms with Gasteiger partial charge in [-0.1, -0.05) is 0 Å². The summed E-state index contributed by atoms with van der Waals surface area (Å²) in [5.41, 5.74) is 5.68. The van der Waals surface area contributed by atoms with Crippen LogP contribution in [0.15, 0.2) is 12.4 Å². The molecule has 0 saturated carbocycles. The van der Waals surface area contributed by atoms with Crippen LogP contribution in [0.4, 0.5) is 11.6 Å². The Kier molecular flexibility index (Phi) is 2.21. The lowest BCUT2D eigenvalue weighted by atomic mass is 10.00. The number of aliphatic hydroxyl groups is 1. The second kappa shape index (κ2) is 3.59. The van der Waals surface area contributed by atoms with Crippen LogP contribution in [-0.2, 0) is 0 Å². The Balaban J connectivity index is 1.91. The highest BCUT2D eigenvalue weighted by Crippen LogP contribution is 2.38. The standard InChI is InChI=1S/C11H16N4O/c12-10-5-11(14-6-13-10)15-7-1-2-8(15)4-9(16)3-7/h5-9,16H,1-4H2,(H2,12,13,14)/t7-,8?,9+/m1/s1. The molecule has 2 saturated heterocycles. The molecular formula is C11H16N4O. The molecule has 1 aromatic rings. The van der Waals surface area contributed by atoms with E-state index in [0.29, 0.717) is 17.9 Å². The molecule has 3 atom stereocenters. The molecule has 86 valence electrons. The quantitative estimate of drug-likeness (QED) is 0.723. The Morgan fingerprint density at radius 3 is 2.56 bits per heavy atom. The number of piperidine rings is 1. The Hall–Kier alpha value is -1.36. The second-order valence-corrected chi connectivity index (χ2v) is 4.72. The van der Waals surface area contributed by atoms with Crippen LogP contribution in [0.2, 0.25) is 0 Å². The molecule has 3 heterocycles. The molecule has 3 N–H and O–H groups in total. The zero-order valence-corrected chi connectivity index (χ0v) is 9.08. The van der Waals surface area contributed by atoms with Gasteiger partial charge in [-0.3, -0.25) is 0 Å². The number of nitrogens with zero attached hydrogens (tertiary/aromatic N) is 3. The summed E-state index contributed by atoms with van der Waals surface area (Å²) in [5.74, 6) is 1.42. The highest BCUT2D eigenvalue weighted by Gasteiger charge is 2.40. The Morgan fingerprint density at radius 1 is 1.25 bits per heavy atom. The molecule has 2 fully saturated rings. The third-order valence-corrected chi connectivity index (χ3v) is 3.65. The predicted molar refractivity (Wildman–Crippen MR) is 61.0 cm³/mol. The smallest absolute Gasteiger partial charge is 0.134 e. The van der Waals surface area contributed by atoms with Gasteiger partial charge < -0.3 is 15.7 Å². The van der Waals surface area contributed by atoms with Gasteiger partial charge in [0, 0.05) is 18.2 Å². The van der Waals surface area contributed by atoms with E-state index in [1.54, 1.807) is 0 Å². The first-order valence-corrected chi connectivity index (χ1v) is 5.78. The molecule has 5 heteroatoms. The van der Waals surface area contributed by atoms with Gasteiger partial charge in [-0.2, -0.15) is 0 Å². The topological polar surface area (TPSA) is 75.3 Å². The second-order valence-electron chi connectivity index (χ2n) is 4.72. The molecule has 2 aliphatic rings. The van der Waals surface area contributed by atoms with Gasteiger partial charge in [-0.05, 0) is 25.7 Å². The van der Waals surface area contributed by atoms with Crippen LogP contribution in [-0.4, -0.2) is 33.3 Å². The number of anilines is 2. The van der Waals surface area contributed by atoms with Crippen molar-refractivity contribution >= 4 is 11.6 Å². The van der Waals surface area contributed by atoms with E-state index in [1.165, 1.54) is 6.33 Å². The van der Waals surface area contributed by atoms with Gasteiger partial charge in [-0.15, -0.1) is 0 Å². The summed E-state index contributed by atoms with van der Waals surface area (Å²) in [6.45, 7) is 0. The summed E-state index contributed by atoms with van der Waals surface area (Å²) in [6, 6.07) is 2.66. The summed E-state index contributed by atoms with van der Waals surface area (Å²) in [6.07, 6.45) is 5.35. The number of hydrogen-bond donors (Lipinski definition) is 2. The van der Waals surface area contributed by atoms with Gasteiger partial charge in [0.1, 0.15) is 18.0 Å². The average Bonchev–Trinajstić information content (AvgIpc) is 2.51. The van der Waals surface area contributed by atoms with Crippen LogP contribution in [0, 0.1) is 0 Å². The molecule has 1 unspecified atom stereocenters. The Labute approximate surface area is 94.3 Å². The van der Waals surface area contributed by atoms with E-state index in [4.69, 9.17) is 5.73 Å². The Bertz CT molecular complexity index is 383. The highest BCUT2D eigenvalue weighted by molar-refractivity contribution is 5.49. The number of nitrogen functional groups attached to an aromatic ring is 1. The maximum absolute atomic E-state index is 9.73. The summed E-state index contributed by atoms with van der Waals surface area (Å²) in [5, 5.41) is 9.73. The van der Waals surface area contributed by atoms with Gasteiger partial charge in [0.2, 0.25) is 0 Å². The number of aliphatic hydroxyl groups excluding tert-OH is 1. The predicted octanol–water partition coefficient (Wildman–Crippen LogP) is 0.551. The molecule has 0 spiro atoms. The lowest BCUT2D eigenvalue weighted by Crippen LogP contribution is -2.45. The third kappa shape index (κ3) is 1.51. The first-order chi connectivity index (χ1) is 7.74. The van der Waals surface area contributed by atoms with E-state index in [1.807, 2.05) is 6.07 Å².